The van der Waals surface area contributed by atoms with E-state index >= 15 is 0 Å². The van der Waals surface area contributed by atoms with Crippen LogP contribution in [-0.2, 0) is 28.7 Å². The molecule has 0 aliphatic carbocycles. The van der Waals surface area contributed by atoms with Crippen LogP contribution in [0.25, 0.3) is 12.2 Å². The lowest BCUT2D eigenvalue weighted by atomic mass is 10.2. The highest BCUT2D eigenvalue weighted by atomic mass is 79.9. The molecule has 3 aromatic carbocycles. The van der Waals surface area contributed by atoms with E-state index in [4.69, 9.17) is 28.4 Å². The highest BCUT2D eigenvalue weighted by molar-refractivity contribution is 9.10. The Labute approximate surface area is 293 Å². The summed E-state index contributed by atoms with van der Waals surface area (Å²) in [5.41, 5.74) is 1.55. The summed E-state index contributed by atoms with van der Waals surface area (Å²) in [5, 5.41) is 0. The van der Waals surface area contributed by atoms with E-state index in [1.807, 2.05) is 0 Å². The molecule has 0 aromatic heterocycles. The number of carbonyl (C=O) groups is 4. The standard InChI is InChI=1S/C38H37BrO10/c1-3-35(40)46-25-7-5-23-44-30-15-9-28(10-16-30)13-21-37(42)48-32-19-20-34(33(39)27-32)49-38(43)22-14-29-11-17-31(18-12-29)45-24-6-8-26-47-36(41)4-2/h3-4,9-22,27H,1-2,5-8,23-26H2/b21-13+,22-14+. The number of esters is 4. The van der Waals surface area contributed by atoms with Crippen molar-refractivity contribution in [1.82, 2.24) is 0 Å². The van der Waals surface area contributed by atoms with Gasteiger partial charge in [-0.25, -0.2) is 19.2 Å². The summed E-state index contributed by atoms with van der Waals surface area (Å²) in [7, 11) is 0. The Hall–Kier alpha value is -5.42. The number of hydrogen-bond acceptors (Lipinski definition) is 10. The fourth-order valence-corrected chi connectivity index (χ4v) is 4.29. The highest BCUT2D eigenvalue weighted by Gasteiger charge is 2.09. The number of carbonyl (C=O) groups excluding carboxylic acids is 4. The topological polar surface area (TPSA) is 124 Å². The highest BCUT2D eigenvalue weighted by Crippen LogP contribution is 2.30. The fourth-order valence-electron chi connectivity index (χ4n) is 3.85. The van der Waals surface area contributed by atoms with Gasteiger partial charge < -0.3 is 28.4 Å². The summed E-state index contributed by atoms with van der Waals surface area (Å²) in [6.45, 7) is 8.28. The zero-order chi connectivity index (χ0) is 35.3. The predicted molar refractivity (Wildman–Crippen MR) is 188 cm³/mol. The normalized spacial score (nSPS) is 10.7. The summed E-state index contributed by atoms with van der Waals surface area (Å²) < 4.78 is 32.4. The second kappa shape index (κ2) is 21.5. The summed E-state index contributed by atoms with van der Waals surface area (Å²) in [6.07, 6.45) is 10.9. The Kier molecular flexibility index (Phi) is 16.7. The van der Waals surface area contributed by atoms with Crippen LogP contribution in [0.5, 0.6) is 23.0 Å². The van der Waals surface area contributed by atoms with Crippen molar-refractivity contribution in [1.29, 1.82) is 0 Å². The quantitative estimate of drug-likeness (QED) is 0.0500. The van der Waals surface area contributed by atoms with E-state index in [0.717, 1.165) is 36.1 Å². The van der Waals surface area contributed by atoms with Crippen LogP contribution in [0.15, 0.2) is 109 Å². The minimum Gasteiger partial charge on any atom is -0.494 e. The SMILES string of the molecule is C=CC(=O)OCCCCOc1ccc(/C=C/C(=O)Oc2ccc(OC(=O)/C=C/c3ccc(OCCCCOC(=O)C=C)cc3)c(Br)c2)cc1. The molecule has 11 heteroatoms. The van der Waals surface area contributed by atoms with Gasteiger partial charge in [0.05, 0.1) is 30.9 Å². The average Bonchev–Trinajstić information content (AvgIpc) is 3.11. The first-order valence-electron chi connectivity index (χ1n) is 15.4. The van der Waals surface area contributed by atoms with Crippen molar-refractivity contribution in [2.75, 3.05) is 26.4 Å². The smallest absolute Gasteiger partial charge is 0.336 e. The van der Waals surface area contributed by atoms with Crippen molar-refractivity contribution < 1.29 is 47.6 Å². The summed E-state index contributed by atoms with van der Waals surface area (Å²) in [6, 6.07) is 19.0. The lowest BCUT2D eigenvalue weighted by Gasteiger charge is -2.07. The first-order valence-corrected chi connectivity index (χ1v) is 16.2. The van der Waals surface area contributed by atoms with Crippen LogP contribution in [0.1, 0.15) is 36.8 Å². The van der Waals surface area contributed by atoms with Crippen molar-refractivity contribution in [3.8, 4) is 23.0 Å². The van der Waals surface area contributed by atoms with Crippen molar-refractivity contribution in [3.63, 3.8) is 0 Å². The Bertz CT molecular complexity index is 1630. The van der Waals surface area contributed by atoms with Crippen LogP contribution in [0.2, 0.25) is 0 Å². The van der Waals surface area contributed by atoms with Gasteiger partial charge in [-0.2, -0.15) is 0 Å². The van der Waals surface area contributed by atoms with Gasteiger partial charge in [-0.05, 0) is 107 Å². The van der Waals surface area contributed by atoms with Crippen molar-refractivity contribution in [3.05, 3.63) is 120 Å². The molecule has 0 unspecified atom stereocenters. The molecule has 0 spiro atoms. The number of halogens is 1. The van der Waals surface area contributed by atoms with E-state index in [1.165, 1.54) is 30.4 Å². The van der Waals surface area contributed by atoms with Crippen molar-refractivity contribution >= 4 is 52.0 Å². The molecule has 49 heavy (non-hydrogen) atoms. The molecule has 3 aromatic rings. The number of ether oxygens (including phenoxy) is 6. The second-order valence-corrected chi connectivity index (χ2v) is 10.9. The Morgan fingerprint density at radius 3 is 1.43 bits per heavy atom. The molecule has 0 fully saturated rings. The molecular weight excluding hydrogens is 696 g/mol. The minimum absolute atomic E-state index is 0.256. The van der Waals surface area contributed by atoms with Gasteiger partial charge in [0.1, 0.15) is 23.0 Å². The van der Waals surface area contributed by atoms with E-state index in [9.17, 15) is 19.2 Å². The molecule has 10 nitrogen and oxygen atoms in total. The fraction of sp³-hybridized carbons (Fsp3) is 0.211. The average molecular weight is 734 g/mol. The van der Waals surface area contributed by atoms with E-state index in [0.29, 0.717) is 55.2 Å². The van der Waals surface area contributed by atoms with Crippen LogP contribution in [0.3, 0.4) is 0 Å². The van der Waals surface area contributed by atoms with Gasteiger partial charge in [-0.1, -0.05) is 37.4 Å². The maximum absolute atomic E-state index is 12.4. The summed E-state index contributed by atoms with van der Waals surface area (Å²) in [5.74, 6) is -0.173. The first kappa shape index (κ1) is 38.0. The third kappa shape index (κ3) is 15.4. The molecule has 0 aliphatic heterocycles. The third-order valence-electron chi connectivity index (χ3n) is 6.35. The minimum atomic E-state index is -0.589. The van der Waals surface area contributed by atoms with Crippen LogP contribution >= 0.6 is 15.9 Å². The molecule has 3 rings (SSSR count). The summed E-state index contributed by atoms with van der Waals surface area (Å²) >= 11 is 3.35. The van der Waals surface area contributed by atoms with Gasteiger partial charge in [-0.3, -0.25) is 0 Å². The van der Waals surface area contributed by atoms with E-state index in [2.05, 4.69) is 29.1 Å². The van der Waals surface area contributed by atoms with E-state index in [-0.39, 0.29) is 11.5 Å². The van der Waals surface area contributed by atoms with Crippen molar-refractivity contribution in [2.45, 2.75) is 25.7 Å². The van der Waals surface area contributed by atoms with Crippen LogP contribution in [-0.4, -0.2) is 50.3 Å². The number of hydrogen-bond donors (Lipinski definition) is 0. The molecule has 0 atom stereocenters. The summed E-state index contributed by atoms with van der Waals surface area (Å²) in [4.78, 5) is 46.8. The zero-order valence-corrected chi connectivity index (χ0v) is 28.4. The second-order valence-electron chi connectivity index (χ2n) is 10.1. The van der Waals surface area contributed by atoms with Crippen molar-refractivity contribution in [2.24, 2.45) is 0 Å². The molecule has 0 heterocycles. The maximum Gasteiger partial charge on any atom is 0.336 e. The van der Waals surface area contributed by atoms with Gasteiger partial charge in [0.15, 0.2) is 0 Å². The zero-order valence-electron chi connectivity index (χ0n) is 26.8. The molecular formula is C38H37BrO10. The molecule has 0 aliphatic rings. The van der Waals surface area contributed by atoms with Crippen LogP contribution in [0, 0.1) is 0 Å². The Morgan fingerprint density at radius 1 is 0.551 bits per heavy atom. The lowest BCUT2D eigenvalue weighted by molar-refractivity contribution is -0.138. The molecule has 0 saturated heterocycles. The number of unbranched alkanes of at least 4 members (excludes halogenated alkanes) is 2. The molecule has 0 radical (unpaired) electrons. The Balaban J connectivity index is 1.37. The molecule has 0 N–H and O–H groups in total. The van der Waals surface area contributed by atoms with Gasteiger partial charge in [0.25, 0.3) is 0 Å². The maximum atomic E-state index is 12.4. The van der Waals surface area contributed by atoms with Gasteiger partial charge in [0, 0.05) is 24.3 Å². The number of benzene rings is 3. The largest absolute Gasteiger partial charge is 0.494 e. The van der Waals surface area contributed by atoms with Gasteiger partial charge in [0.2, 0.25) is 0 Å². The molecule has 0 amide bonds. The van der Waals surface area contributed by atoms with E-state index < -0.39 is 23.9 Å². The van der Waals surface area contributed by atoms with Gasteiger partial charge in [-0.15, -0.1) is 0 Å². The number of rotatable bonds is 20. The van der Waals surface area contributed by atoms with Crippen LogP contribution < -0.4 is 18.9 Å². The monoisotopic (exact) mass is 732 g/mol. The lowest BCUT2D eigenvalue weighted by Crippen LogP contribution is -2.06. The first-order chi connectivity index (χ1) is 23.7. The molecule has 0 bridgehead atoms. The molecule has 0 saturated carbocycles. The van der Waals surface area contributed by atoms with Gasteiger partial charge >= 0.3 is 23.9 Å². The Morgan fingerprint density at radius 2 is 0.980 bits per heavy atom. The third-order valence-corrected chi connectivity index (χ3v) is 6.97. The predicted octanol–water partition coefficient (Wildman–Crippen LogP) is 7.46. The molecule has 256 valence electrons. The van der Waals surface area contributed by atoms with Crippen LogP contribution in [0.4, 0.5) is 0 Å². The van der Waals surface area contributed by atoms with E-state index in [1.54, 1.807) is 60.7 Å².